The fourth-order valence-electron chi connectivity index (χ4n) is 1.17. The molecule has 0 fully saturated rings. The summed E-state index contributed by atoms with van der Waals surface area (Å²) in [6.45, 7) is -0.154. The highest BCUT2D eigenvalue weighted by Gasteiger charge is 2.16. The molecule has 1 aromatic carbocycles. The molecule has 1 aromatic rings. The number of nitrogens with two attached hydrogens (primary N) is 1. The van der Waals surface area contributed by atoms with Gasteiger partial charge in [0.2, 0.25) is 0 Å². The third kappa shape index (κ3) is 5.67. The summed E-state index contributed by atoms with van der Waals surface area (Å²) in [5.41, 5.74) is 6.66. The fraction of sp³-hybridized carbons (Fsp3) is 0.333. The van der Waals surface area contributed by atoms with Crippen molar-refractivity contribution in [1.29, 1.82) is 0 Å². The summed E-state index contributed by atoms with van der Waals surface area (Å²) >= 11 is 0. The summed E-state index contributed by atoms with van der Waals surface area (Å²) in [7, 11) is -4.40. The molecule has 0 aliphatic heterocycles. The van der Waals surface area contributed by atoms with Crippen LogP contribution in [0.15, 0.2) is 30.3 Å². The molecule has 0 aromatic heterocycles. The number of phosphoric ester groups is 1. The van der Waals surface area contributed by atoms with Gasteiger partial charge in [0, 0.05) is 6.04 Å². The van der Waals surface area contributed by atoms with Gasteiger partial charge in [-0.3, -0.25) is 4.52 Å². The Morgan fingerprint density at radius 1 is 1.33 bits per heavy atom. The zero-order valence-electron chi connectivity index (χ0n) is 8.11. The lowest BCUT2D eigenvalue weighted by Gasteiger charge is -2.12. The van der Waals surface area contributed by atoms with Gasteiger partial charge in [-0.25, -0.2) is 4.57 Å². The van der Waals surface area contributed by atoms with E-state index in [2.05, 4.69) is 4.52 Å². The molecular formula is C9H14NO4P. The van der Waals surface area contributed by atoms with Crippen LogP contribution in [0.1, 0.15) is 5.56 Å². The van der Waals surface area contributed by atoms with Crippen molar-refractivity contribution in [2.75, 3.05) is 6.61 Å². The van der Waals surface area contributed by atoms with Gasteiger partial charge in [0.1, 0.15) is 0 Å². The van der Waals surface area contributed by atoms with Crippen LogP contribution in [0.5, 0.6) is 0 Å². The zero-order valence-corrected chi connectivity index (χ0v) is 9.01. The molecule has 0 saturated carbocycles. The Morgan fingerprint density at radius 2 is 1.93 bits per heavy atom. The van der Waals surface area contributed by atoms with Crippen LogP contribution < -0.4 is 5.73 Å². The molecule has 0 unspecified atom stereocenters. The predicted octanol–water partition coefficient (Wildman–Crippen LogP) is 0.666. The smallest absolute Gasteiger partial charge is 0.325 e. The minimum absolute atomic E-state index is 0.154. The molecule has 15 heavy (non-hydrogen) atoms. The van der Waals surface area contributed by atoms with Crippen molar-refractivity contribution in [1.82, 2.24) is 0 Å². The Balaban J connectivity index is 2.37. The maximum absolute atomic E-state index is 10.4. The van der Waals surface area contributed by atoms with Gasteiger partial charge >= 0.3 is 7.82 Å². The van der Waals surface area contributed by atoms with Gasteiger partial charge in [-0.05, 0) is 12.0 Å². The first-order valence-electron chi connectivity index (χ1n) is 4.47. The number of hydrogen-bond donors (Lipinski definition) is 3. The summed E-state index contributed by atoms with van der Waals surface area (Å²) in [4.78, 5) is 16.9. The summed E-state index contributed by atoms with van der Waals surface area (Å²) in [5, 5.41) is 0. The first kappa shape index (κ1) is 12.4. The average molecular weight is 231 g/mol. The van der Waals surface area contributed by atoms with Gasteiger partial charge in [-0.2, -0.15) is 0 Å². The van der Waals surface area contributed by atoms with Crippen molar-refractivity contribution in [2.24, 2.45) is 5.73 Å². The molecular weight excluding hydrogens is 217 g/mol. The van der Waals surface area contributed by atoms with Crippen LogP contribution in [0.3, 0.4) is 0 Å². The standard InChI is InChI=1S/C9H14NO4P/c10-9(7-14-15(11,12)13)6-8-4-2-1-3-5-8/h1-5,9H,6-7,10H2,(H2,11,12,13)/t9-/m1/s1. The van der Waals surface area contributed by atoms with E-state index in [1.54, 1.807) is 0 Å². The van der Waals surface area contributed by atoms with Crippen molar-refractivity contribution < 1.29 is 18.9 Å². The lowest BCUT2D eigenvalue weighted by Crippen LogP contribution is -2.28. The van der Waals surface area contributed by atoms with Crippen molar-refractivity contribution in [3.8, 4) is 0 Å². The first-order valence-corrected chi connectivity index (χ1v) is 6.00. The van der Waals surface area contributed by atoms with Crippen LogP contribution in [0.4, 0.5) is 0 Å². The summed E-state index contributed by atoms with van der Waals surface area (Å²) < 4.78 is 14.7. The van der Waals surface area contributed by atoms with Crippen LogP contribution in [0, 0.1) is 0 Å². The van der Waals surface area contributed by atoms with Crippen molar-refractivity contribution in [2.45, 2.75) is 12.5 Å². The largest absolute Gasteiger partial charge is 0.469 e. The Kier molecular flexibility index (Phi) is 4.45. The predicted molar refractivity (Wildman–Crippen MR) is 56.1 cm³/mol. The van der Waals surface area contributed by atoms with Crippen LogP contribution in [0.2, 0.25) is 0 Å². The van der Waals surface area contributed by atoms with E-state index < -0.39 is 13.9 Å². The minimum Gasteiger partial charge on any atom is -0.325 e. The second-order valence-electron chi connectivity index (χ2n) is 3.24. The molecule has 84 valence electrons. The number of rotatable bonds is 5. The highest BCUT2D eigenvalue weighted by molar-refractivity contribution is 7.46. The van der Waals surface area contributed by atoms with E-state index in [0.717, 1.165) is 5.56 Å². The number of phosphoric acid groups is 1. The summed E-state index contributed by atoms with van der Waals surface area (Å²) in [6.07, 6.45) is 0.529. The second kappa shape index (κ2) is 5.39. The Bertz CT molecular complexity index is 337. The number of hydrogen-bond acceptors (Lipinski definition) is 3. The topological polar surface area (TPSA) is 92.8 Å². The molecule has 1 rings (SSSR count). The monoisotopic (exact) mass is 231 g/mol. The van der Waals surface area contributed by atoms with E-state index in [4.69, 9.17) is 15.5 Å². The number of benzene rings is 1. The maximum atomic E-state index is 10.4. The van der Waals surface area contributed by atoms with E-state index in [9.17, 15) is 4.57 Å². The van der Waals surface area contributed by atoms with Gasteiger partial charge in [-0.1, -0.05) is 30.3 Å². The molecule has 1 atom stereocenters. The molecule has 0 amide bonds. The first-order chi connectivity index (χ1) is 6.97. The minimum atomic E-state index is -4.40. The van der Waals surface area contributed by atoms with E-state index in [0.29, 0.717) is 6.42 Å². The quantitative estimate of drug-likeness (QED) is 0.647. The molecule has 0 radical (unpaired) electrons. The Labute approximate surface area is 88.1 Å². The Morgan fingerprint density at radius 3 is 2.47 bits per heavy atom. The third-order valence-electron chi connectivity index (χ3n) is 1.80. The lowest BCUT2D eigenvalue weighted by atomic mass is 10.1. The molecule has 4 N–H and O–H groups in total. The third-order valence-corrected chi connectivity index (χ3v) is 2.28. The van der Waals surface area contributed by atoms with Crippen LogP contribution in [-0.2, 0) is 15.5 Å². The Hall–Kier alpha value is -0.710. The van der Waals surface area contributed by atoms with Gasteiger partial charge < -0.3 is 15.5 Å². The van der Waals surface area contributed by atoms with Crippen molar-refractivity contribution in [3.63, 3.8) is 0 Å². The van der Waals surface area contributed by atoms with Crippen molar-refractivity contribution in [3.05, 3.63) is 35.9 Å². The second-order valence-corrected chi connectivity index (χ2v) is 4.48. The van der Waals surface area contributed by atoms with Gasteiger partial charge in [0.15, 0.2) is 0 Å². The van der Waals surface area contributed by atoms with E-state index in [1.807, 2.05) is 30.3 Å². The molecule has 0 aliphatic rings. The SMILES string of the molecule is N[C@@H](COP(=O)(O)O)Cc1ccccc1. The lowest BCUT2D eigenvalue weighted by molar-refractivity contribution is 0.186. The van der Waals surface area contributed by atoms with Gasteiger partial charge in [-0.15, -0.1) is 0 Å². The highest BCUT2D eigenvalue weighted by atomic mass is 31.2. The van der Waals surface area contributed by atoms with Gasteiger partial charge in [0.05, 0.1) is 6.61 Å². The fourth-order valence-corrected chi connectivity index (χ4v) is 1.55. The zero-order chi connectivity index (χ0) is 11.3. The molecule has 6 heteroatoms. The molecule has 0 aliphatic carbocycles. The maximum Gasteiger partial charge on any atom is 0.469 e. The van der Waals surface area contributed by atoms with E-state index in [1.165, 1.54) is 0 Å². The van der Waals surface area contributed by atoms with Crippen LogP contribution in [0.25, 0.3) is 0 Å². The van der Waals surface area contributed by atoms with Gasteiger partial charge in [0.25, 0.3) is 0 Å². The normalized spacial score (nSPS) is 13.8. The van der Waals surface area contributed by atoms with Crippen LogP contribution >= 0.6 is 7.82 Å². The molecule has 5 nitrogen and oxygen atoms in total. The molecule has 0 heterocycles. The van der Waals surface area contributed by atoms with E-state index >= 15 is 0 Å². The summed E-state index contributed by atoms with van der Waals surface area (Å²) in [6, 6.07) is 9.04. The van der Waals surface area contributed by atoms with E-state index in [-0.39, 0.29) is 6.61 Å². The van der Waals surface area contributed by atoms with Crippen molar-refractivity contribution >= 4 is 7.82 Å². The molecule has 0 spiro atoms. The summed E-state index contributed by atoms with van der Waals surface area (Å²) in [5.74, 6) is 0. The molecule has 0 saturated heterocycles. The average Bonchev–Trinajstić information content (AvgIpc) is 2.15. The molecule has 0 bridgehead atoms. The highest BCUT2D eigenvalue weighted by Crippen LogP contribution is 2.35. The van der Waals surface area contributed by atoms with Crippen LogP contribution in [-0.4, -0.2) is 22.4 Å².